The Hall–Kier alpha value is -3.94. The van der Waals surface area contributed by atoms with Crippen LogP contribution in [0.5, 0.6) is 0 Å². The first kappa shape index (κ1) is 23.2. The van der Waals surface area contributed by atoms with E-state index >= 15 is 0 Å². The molecule has 0 aliphatic carbocycles. The zero-order valence-electron chi connectivity index (χ0n) is 18.4. The van der Waals surface area contributed by atoms with Crippen LogP contribution in [-0.2, 0) is 0 Å². The highest BCUT2D eigenvalue weighted by Gasteiger charge is 2.33. The highest BCUT2D eigenvalue weighted by Crippen LogP contribution is 2.37. The Morgan fingerprint density at radius 2 is 1.53 bits per heavy atom. The number of azide groups is 1. The van der Waals surface area contributed by atoms with Crippen molar-refractivity contribution in [2.75, 3.05) is 31.5 Å². The van der Waals surface area contributed by atoms with Crippen LogP contribution in [-0.4, -0.2) is 42.0 Å². The quantitative estimate of drug-likeness (QED) is 0.281. The molecule has 0 unspecified atom stereocenters. The first-order chi connectivity index (χ1) is 16.6. The maximum atomic E-state index is 13.9. The van der Waals surface area contributed by atoms with Gasteiger partial charge in [0.25, 0.3) is 0 Å². The maximum Gasteiger partial charge on any atom is 0.322 e. The third-order valence-electron chi connectivity index (χ3n) is 5.92. The van der Waals surface area contributed by atoms with Gasteiger partial charge in [0.2, 0.25) is 0 Å². The number of carbonyl (C=O) groups is 1. The molecule has 9 heteroatoms. The van der Waals surface area contributed by atoms with Crippen molar-refractivity contribution in [3.05, 3.63) is 112 Å². The average Bonchev–Trinajstić information content (AvgIpc) is 2.87. The average molecular weight is 463 g/mol. The van der Waals surface area contributed by atoms with Gasteiger partial charge in [-0.2, -0.15) is 0 Å². The monoisotopic (exact) mass is 462 g/mol. The van der Waals surface area contributed by atoms with E-state index in [0.717, 1.165) is 23.3 Å². The zero-order chi connectivity index (χ0) is 23.9. The molecule has 2 atom stereocenters. The Bertz CT molecular complexity index is 1160. The fourth-order valence-corrected chi connectivity index (χ4v) is 4.25. The molecule has 0 aromatic heterocycles. The summed E-state index contributed by atoms with van der Waals surface area (Å²) in [7, 11) is 0. The number of halogens is 2. The molecule has 1 N–H and O–H groups in total. The van der Waals surface area contributed by atoms with Crippen molar-refractivity contribution in [2.24, 2.45) is 5.11 Å². The van der Waals surface area contributed by atoms with Gasteiger partial charge in [-0.05, 0) is 28.8 Å². The summed E-state index contributed by atoms with van der Waals surface area (Å²) in [6, 6.07) is 21.4. The SMILES string of the molecule is [N-]=[N+]=N[C@@H](c1ccccc1)[C@@H](c1ccccc1)N1CCN(C(=O)Nc2ccc(F)cc2F)CC1. The summed E-state index contributed by atoms with van der Waals surface area (Å²) < 4.78 is 27.1. The Labute approximate surface area is 196 Å². The Morgan fingerprint density at radius 3 is 2.12 bits per heavy atom. The molecule has 1 fully saturated rings. The molecule has 0 saturated carbocycles. The van der Waals surface area contributed by atoms with Gasteiger partial charge in [-0.1, -0.05) is 65.8 Å². The zero-order valence-corrected chi connectivity index (χ0v) is 18.4. The lowest BCUT2D eigenvalue weighted by atomic mass is 9.92. The van der Waals surface area contributed by atoms with E-state index in [2.05, 4.69) is 20.2 Å². The van der Waals surface area contributed by atoms with Crippen LogP contribution in [0.4, 0.5) is 19.3 Å². The molecular weight excluding hydrogens is 438 g/mol. The molecule has 1 aliphatic heterocycles. The summed E-state index contributed by atoms with van der Waals surface area (Å²) in [5.41, 5.74) is 11.2. The summed E-state index contributed by atoms with van der Waals surface area (Å²) in [5.74, 6) is -1.53. The number of anilines is 1. The van der Waals surface area contributed by atoms with Crippen molar-refractivity contribution < 1.29 is 13.6 Å². The number of amides is 2. The number of benzene rings is 3. The van der Waals surface area contributed by atoms with Crippen LogP contribution in [0, 0.1) is 11.6 Å². The topological polar surface area (TPSA) is 84.3 Å². The molecule has 4 rings (SSSR count). The van der Waals surface area contributed by atoms with Gasteiger partial charge in [-0.3, -0.25) is 4.90 Å². The van der Waals surface area contributed by atoms with Crippen molar-refractivity contribution in [2.45, 2.75) is 12.1 Å². The van der Waals surface area contributed by atoms with E-state index in [-0.39, 0.29) is 11.7 Å². The molecule has 0 radical (unpaired) electrons. The maximum absolute atomic E-state index is 13.9. The number of nitrogens with one attached hydrogen (secondary N) is 1. The molecule has 1 heterocycles. The lowest BCUT2D eigenvalue weighted by molar-refractivity contribution is 0.100. The summed E-state index contributed by atoms with van der Waals surface area (Å²) in [6.07, 6.45) is 0. The van der Waals surface area contributed by atoms with E-state index in [4.69, 9.17) is 0 Å². The van der Waals surface area contributed by atoms with Crippen LogP contribution in [0.1, 0.15) is 23.2 Å². The Balaban J connectivity index is 1.52. The number of rotatable bonds is 6. The second-order valence-corrected chi connectivity index (χ2v) is 7.99. The molecule has 174 valence electrons. The van der Waals surface area contributed by atoms with Gasteiger partial charge in [0, 0.05) is 43.2 Å². The molecule has 2 amide bonds. The van der Waals surface area contributed by atoms with E-state index in [9.17, 15) is 19.1 Å². The minimum Gasteiger partial charge on any atom is -0.322 e. The largest absolute Gasteiger partial charge is 0.322 e. The summed E-state index contributed by atoms with van der Waals surface area (Å²) in [4.78, 5) is 19.6. The van der Waals surface area contributed by atoms with E-state index < -0.39 is 23.7 Å². The van der Waals surface area contributed by atoms with E-state index in [1.165, 1.54) is 6.07 Å². The van der Waals surface area contributed by atoms with E-state index in [1.807, 2.05) is 60.7 Å². The van der Waals surface area contributed by atoms with Crippen LogP contribution in [0.3, 0.4) is 0 Å². The third kappa shape index (κ3) is 5.33. The van der Waals surface area contributed by atoms with Gasteiger partial charge in [0.05, 0.1) is 11.7 Å². The number of urea groups is 1. The predicted molar refractivity (Wildman–Crippen MR) is 126 cm³/mol. The second-order valence-electron chi connectivity index (χ2n) is 7.99. The van der Waals surface area contributed by atoms with Gasteiger partial charge in [-0.25, -0.2) is 13.6 Å². The molecule has 1 saturated heterocycles. The number of piperazine rings is 1. The highest BCUT2D eigenvalue weighted by atomic mass is 19.1. The van der Waals surface area contributed by atoms with Crippen LogP contribution in [0.2, 0.25) is 0 Å². The minimum atomic E-state index is -0.823. The Morgan fingerprint density at radius 1 is 0.912 bits per heavy atom. The van der Waals surface area contributed by atoms with Crippen LogP contribution < -0.4 is 5.32 Å². The Kier molecular flexibility index (Phi) is 7.37. The minimum absolute atomic E-state index is 0.0662. The van der Waals surface area contributed by atoms with Crippen LogP contribution in [0.25, 0.3) is 10.4 Å². The van der Waals surface area contributed by atoms with Crippen molar-refractivity contribution >= 4 is 11.7 Å². The van der Waals surface area contributed by atoms with Crippen LogP contribution >= 0.6 is 0 Å². The summed E-state index contributed by atoms with van der Waals surface area (Å²) in [6.45, 7) is 1.86. The molecule has 34 heavy (non-hydrogen) atoms. The normalized spacial score (nSPS) is 15.8. The van der Waals surface area contributed by atoms with Gasteiger partial charge >= 0.3 is 6.03 Å². The number of carbonyl (C=O) groups excluding carboxylic acids is 1. The summed E-state index contributed by atoms with van der Waals surface area (Å²) in [5, 5.41) is 6.66. The smallest absolute Gasteiger partial charge is 0.322 e. The van der Waals surface area contributed by atoms with Crippen molar-refractivity contribution in [3.63, 3.8) is 0 Å². The second kappa shape index (κ2) is 10.8. The van der Waals surface area contributed by atoms with Crippen molar-refractivity contribution in [3.8, 4) is 0 Å². The fraction of sp³-hybridized carbons (Fsp3) is 0.240. The predicted octanol–water partition coefficient (Wildman–Crippen LogP) is 5.91. The first-order valence-electron chi connectivity index (χ1n) is 11.0. The molecule has 3 aromatic rings. The van der Waals surface area contributed by atoms with Crippen LogP contribution in [0.15, 0.2) is 84.0 Å². The van der Waals surface area contributed by atoms with Gasteiger partial charge in [-0.15, -0.1) is 0 Å². The van der Waals surface area contributed by atoms with Crippen molar-refractivity contribution in [1.29, 1.82) is 0 Å². The molecule has 1 aliphatic rings. The van der Waals surface area contributed by atoms with Gasteiger partial charge in [0.1, 0.15) is 11.6 Å². The molecule has 0 bridgehead atoms. The van der Waals surface area contributed by atoms with Gasteiger partial charge < -0.3 is 10.2 Å². The highest BCUT2D eigenvalue weighted by molar-refractivity contribution is 5.89. The first-order valence-corrected chi connectivity index (χ1v) is 11.0. The van der Waals surface area contributed by atoms with Crippen molar-refractivity contribution in [1.82, 2.24) is 9.80 Å². The van der Waals surface area contributed by atoms with Gasteiger partial charge in [0.15, 0.2) is 0 Å². The number of hydrogen-bond acceptors (Lipinski definition) is 3. The number of nitrogens with zero attached hydrogens (tertiary/aromatic N) is 5. The molecular formula is C25H24F2N6O. The molecule has 3 aromatic carbocycles. The lowest BCUT2D eigenvalue weighted by Crippen LogP contribution is -2.51. The molecule has 7 nitrogen and oxygen atoms in total. The number of hydrogen-bond donors (Lipinski definition) is 1. The third-order valence-corrected chi connectivity index (χ3v) is 5.92. The molecule has 0 spiro atoms. The summed E-state index contributed by atoms with van der Waals surface area (Å²) >= 11 is 0. The lowest BCUT2D eigenvalue weighted by Gasteiger charge is -2.41. The van der Waals surface area contributed by atoms with E-state index in [1.54, 1.807) is 4.90 Å². The standard InChI is InChI=1S/C25H24F2N6O/c26-20-11-12-22(21(27)17-20)29-25(34)33-15-13-32(14-16-33)24(19-9-5-2-6-10-19)23(30-31-28)18-7-3-1-4-8-18/h1-12,17,23-24H,13-16H2,(H,29,34)/t23-,24+/m0/s1. The van der Waals surface area contributed by atoms with E-state index in [0.29, 0.717) is 26.2 Å². The fourth-order valence-electron chi connectivity index (χ4n) is 4.25.